The molecule has 0 aliphatic carbocycles. The van der Waals surface area contributed by atoms with Gasteiger partial charge in [-0.05, 0) is 30.8 Å². The largest absolute Gasteiger partial charge is 0.397 e. The Kier molecular flexibility index (Phi) is 3.55. The first kappa shape index (κ1) is 13.9. The number of anilines is 1. The van der Waals surface area contributed by atoms with Crippen molar-refractivity contribution in [3.8, 4) is 0 Å². The maximum Gasteiger partial charge on any atom is 0.195 e. The lowest BCUT2D eigenvalue weighted by Crippen LogP contribution is -2.03. The molecule has 2 aromatic rings. The van der Waals surface area contributed by atoms with E-state index in [0.29, 0.717) is 10.1 Å². The molecule has 0 atom stereocenters. The monoisotopic (exact) mass is 298 g/mol. The van der Waals surface area contributed by atoms with Gasteiger partial charge in [0.2, 0.25) is 0 Å². The van der Waals surface area contributed by atoms with E-state index in [1.165, 1.54) is 17.8 Å². The highest BCUT2D eigenvalue weighted by Gasteiger charge is 2.16. The summed E-state index contributed by atoms with van der Waals surface area (Å²) in [4.78, 5) is 0.787. The van der Waals surface area contributed by atoms with Gasteiger partial charge in [-0.15, -0.1) is 10.2 Å². The second-order valence-electron chi connectivity index (χ2n) is 4.13. The highest BCUT2D eigenvalue weighted by atomic mass is 32.2. The summed E-state index contributed by atoms with van der Waals surface area (Å²) in [6.45, 7) is 1.84. The van der Waals surface area contributed by atoms with Gasteiger partial charge < -0.3 is 10.3 Å². The van der Waals surface area contributed by atoms with Gasteiger partial charge in [0.05, 0.1) is 10.6 Å². The van der Waals surface area contributed by atoms with Crippen molar-refractivity contribution < 1.29 is 8.42 Å². The van der Waals surface area contributed by atoms with Crippen LogP contribution in [0.3, 0.4) is 0 Å². The number of nitrogen functional groups attached to an aromatic ring is 1. The summed E-state index contributed by atoms with van der Waals surface area (Å²) >= 11 is 1.29. The molecule has 0 spiro atoms. The first-order valence-electron chi connectivity index (χ1n) is 5.43. The molecule has 8 heteroatoms. The molecular weight excluding hydrogens is 284 g/mol. The van der Waals surface area contributed by atoms with Gasteiger partial charge in [-0.2, -0.15) is 0 Å². The van der Waals surface area contributed by atoms with Crippen LogP contribution in [0.5, 0.6) is 0 Å². The van der Waals surface area contributed by atoms with Crippen molar-refractivity contribution in [1.82, 2.24) is 14.8 Å². The molecule has 1 aromatic carbocycles. The van der Waals surface area contributed by atoms with Crippen LogP contribution in [0, 0.1) is 6.92 Å². The zero-order valence-corrected chi connectivity index (χ0v) is 12.4. The average molecular weight is 298 g/mol. The van der Waals surface area contributed by atoms with Crippen LogP contribution in [-0.2, 0) is 16.9 Å². The van der Waals surface area contributed by atoms with Crippen molar-refractivity contribution in [3.63, 3.8) is 0 Å². The van der Waals surface area contributed by atoms with Gasteiger partial charge in [0.25, 0.3) is 0 Å². The van der Waals surface area contributed by atoms with E-state index in [2.05, 4.69) is 10.2 Å². The van der Waals surface area contributed by atoms with E-state index in [0.717, 1.165) is 12.1 Å². The molecular formula is C11H14N4O2S2. The first-order valence-corrected chi connectivity index (χ1v) is 8.14. The minimum atomic E-state index is -3.33. The smallest absolute Gasteiger partial charge is 0.195 e. The molecule has 19 heavy (non-hydrogen) atoms. The number of para-hydroxylation sites is 1. The molecule has 0 amide bonds. The zero-order valence-electron chi connectivity index (χ0n) is 10.8. The fourth-order valence-electron chi connectivity index (χ4n) is 1.51. The van der Waals surface area contributed by atoms with E-state index < -0.39 is 9.84 Å². The normalized spacial score (nSPS) is 11.7. The first-order chi connectivity index (χ1) is 8.80. The quantitative estimate of drug-likeness (QED) is 0.858. The van der Waals surface area contributed by atoms with Crippen molar-refractivity contribution in [2.45, 2.75) is 21.9 Å². The number of benzene rings is 1. The number of aryl methyl sites for hydroxylation is 1. The summed E-state index contributed by atoms with van der Waals surface area (Å²) in [6.07, 6.45) is 1.14. The Bertz CT molecular complexity index is 722. The minimum absolute atomic E-state index is 0.136. The third-order valence-corrected chi connectivity index (χ3v) is 4.95. The Morgan fingerprint density at radius 3 is 2.53 bits per heavy atom. The molecule has 2 N–H and O–H groups in total. The van der Waals surface area contributed by atoms with E-state index >= 15 is 0 Å². The summed E-state index contributed by atoms with van der Waals surface area (Å²) < 4.78 is 25.0. The predicted octanol–water partition coefficient (Wildman–Crippen LogP) is 1.26. The fourth-order valence-corrected chi connectivity index (χ4v) is 3.32. The standard InChI is InChI=1S/C11H14N4O2S2/c1-7-13-14-11(15(7)2)18-8-5-4-6-9(10(8)12)19(3,16)17/h4-6H,12H2,1-3H3. The van der Waals surface area contributed by atoms with Crippen LogP contribution in [0.1, 0.15) is 5.82 Å². The van der Waals surface area contributed by atoms with Gasteiger partial charge in [0.15, 0.2) is 15.0 Å². The molecule has 0 saturated carbocycles. The van der Waals surface area contributed by atoms with E-state index in [1.807, 2.05) is 18.5 Å². The van der Waals surface area contributed by atoms with Gasteiger partial charge >= 0.3 is 0 Å². The van der Waals surface area contributed by atoms with Crippen LogP contribution in [0.2, 0.25) is 0 Å². The SMILES string of the molecule is Cc1nnc(Sc2cccc(S(C)(=O)=O)c2N)n1C. The molecule has 0 fully saturated rings. The molecule has 0 unspecified atom stereocenters. The molecule has 0 aliphatic rings. The number of nitrogens with two attached hydrogens (primary N) is 1. The molecule has 0 aliphatic heterocycles. The van der Waals surface area contributed by atoms with Crippen molar-refractivity contribution in [2.24, 2.45) is 7.05 Å². The summed E-state index contributed by atoms with van der Waals surface area (Å²) in [6, 6.07) is 4.92. The lowest BCUT2D eigenvalue weighted by atomic mass is 10.3. The molecule has 0 bridgehead atoms. The maximum absolute atomic E-state index is 11.6. The molecule has 0 radical (unpaired) electrons. The molecule has 2 rings (SSSR count). The molecule has 6 nitrogen and oxygen atoms in total. The highest BCUT2D eigenvalue weighted by Crippen LogP contribution is 2.34. The summed E-state index contributed by atoms with van der Waals surface area (Å²) in [5, 5.41) is 8.62. The second kappa shape index (κ2) is 4.86. The third kappa shape index (κ3) is 2.74. The van der Waals surface area contributed by atoms with Crippen molar-refractivity contribution in [1.29, 1.82) is 0 Å². The number of hydrogen-bond donors (Lipinski definition) is 1. The Labute approximate surface area is 115 Å². The van der Waals surface area contributed by atoms with Crippen LogP contribution < -0.4 is 5.73 Å². The fraction of sp³-hybridized carbons (Fsp3) is 0.273. The number of nitrogens with zero attached hydrogens (tertiary/aromatic N) is 3. The molecule has 1 heterocycles. The topological polar surface area (TPSA) is 90.9 Å². The summed E-state index contributed by atoms with van der Waals surface area (Å²) in [5.74, 6) is 0.778. The predicted molar refractivity (Wildman–Crippen MR) is 73.8 cm³/mol. The Balaban J connectivity index is 2.45. The molecule has 102 valence electrons. The lowest BCUT2D eigenvalue weighted by Gasteiger charge is -2.08. The van der Waals surface area contributed by atoms with E-state index in [-0.39, 0.29) is 10.6 Å². The van der Waals surface area contributed by atoms with Crippen LogP contribution in [0.4, 0.5) is 5.69 Å². The lowest BCUT2D eigenvalue weighted by molar-refractivity contribution is 0.602. The van der Waals surface area contributed by atoms with Gasteiger partial charge in [0.1, 0.15) is 5.82 Å². The maximum atomic E-state index is 11.6. The third-order valence-electron chi connectivity index (χ3n) is 2.68. The average Bonchev–Trinajstić information content (AvgIpc) is 2.62. The zero-order chi connectivity index (χ0) is 14.2. The van der Waals surface area contributed by atoms with Gasteiger partial charge in [-0.1, -0.05) is 6.07 Å². The molecule has 0 saturated heterocycles. The van der Waals surface area contributed by atoms with Crippen LogP contribution in [0.25, 0.3) is 0 Å². The highest BCUT2D eigenvalue weighted by molar-refractivity contribution is 7.99. The van der Waals surface area contributed by atoms with Gasteiger partial charge in [-0.3, -0.25) is 0 Å². The minimum Gasteiger partial charge on any atom is -0.397 e. The van der Waals surface area contributed by atoms with Crippen LogP contribution in [0.15, 0.2) is 33.1 Å². The number of hydrogen-bond acceptors (Lipinski definition) is 6. The van der Waals surface area contributed by atoms with Crippen LogP contribution >= 0.6 is 11.8 Å². The Morgan fingerprint density at radius 2 is 2.00 bits per heavy atom. The number of rotatable bonds is 3. The van der Waals surface area contributed by atoms with Crippen molar-refractivity contribution in [3.05, 3.63) is 24.0 Å². The van der Waals surface area contributed by atoms with Crippen molar-refractivity contribution >= 4 is 27.3 Å². The number of sulfone groups is 1. The summed E-state index contributed by atoms with van der Waals surface area (Å²) in [5.41, 5.74) is 6.16. The Morgan fingerprint density at radius 1 is 1.32 bits per heavy atom. The molecule has 1 aromatic heterocycles. The second-order valence-corrected chi connectivity index (χ2v) is 7.12. The number of aromatic nitrogens is 3. The Hall–Kier alpha value is -1.54. The van der Waals surface area contributed by atoms with Crippen molar-refractivity contribution in [2.75, 3.05) is 12.0 Å². The summed E-state index contributed by atoms with van der Waals surface area (Å²) in [7, 11) is -1.49. The van der Waals surface area contributed by atoms with Gasteiger partial charge in [-0.25, -0.2) is 8.42 Å². The van der Waals surface area contributed by atoms with E-state index in [9.17, 15) is 8.42 Å². The van der Waals surface area contributed by atoms with E-state index in [4.69, 9.17) is 5.73 Å². The van der Waals surface area contributed by atoms with Crippen LogP contribution in [-0.4, -0.2) is 29.4 Å². The van der Waals surface area contributed by atoms with E-state index in [1.54, 1.807) is 12.1 Å². The van der Waals surface area contributed by atoms with Gasteiger partial charge in [0, 0.05) is 18.2 Å².